The van der Waals surface area contributed by atoms with Gasteiger partial charge in [-0.2, -0.15) is 0 Å². The Morgan fingerprint density at radius 1 is 1.27 bits per heavy atom. The lowest BCUT2D eigenvalue weighted by Gasteiger charge is -2.15. The van der Waals surface area contributed by atoms with Gasteiger partial charge in [-0.3, -0.25) is 0 Å². The molecule has 1 aromatic carbocycles. The minimum atomic E-state index is -2.38. The highest BCUT2D eigenvalue weighted by Gasteiger charge is 2.16. The molecule has 1 aromatic rings. The molecule has 0 aliphatic carbocycles. The molecule has 0 fully saturated rings. The van der Waals surface area contributed by atoms with Crippen LogP contribution in [0.15, 0.2) is 24.3 Å². The second-order valence-corrected chi connectivity index (χ2v) is 3.25. The van der Waals surface area contributed by atoms with Crippen molar-refractivity contribution in [2.75, 3.05) is 7.11 Å². The summed E-state index contributed by atoms with van der Waals surface area (Å²) in [7, 11) is 1.41. The molecule has 0 heterocycles. The van der Waals surface area contributed by atoms with Gasteiger partial charge in [-0.25, -0.2) is 8.78 Å². The first kappa shape index (κ1) is 12.1. The van der Waals surface area contributed by atoms with Gasteiger partial charge in [-0.05, 0) is 11.1 Å². The van der Waals surface area contributed by atoms with Crippen molar-refractivity contribution in [1.82, 2.24) is 0 Å². The van der Waals surface area contributed by atoms with E-state index in [0.717, 1.165) is 5.56 Å². The number of aliphatic hydroxyl groups is 1. The zero-order valence-electron chi connectivity index (χ0n) is 8.49. The lowest BCUT2D eigenvalue weighted by Crippen LogP contribution is -2.06. The van der Waals surface area contributed by atoms with Crippen molar-refractivity contribution in [3.63, 3.8) is 0 Å². The Kier molecular flexibility index (Phi) is 4.65. The summed E-state index contributed by atoms with van der Waals surface area (Å²) >= 11 is 0. The molecule has 0 aromatic heterocycles. The summed E-state index contributed by atoms with van der Waals surface area (Å²) < 4.78 is 29.3. The minimum absolute atomic E-state index is 0.0488. The van der Waals surface area contributed by atoms with E-state index < -0.39 is 12.5 Å². The summed E-state index contributed by atoms with van der Waals surface area (Å²) in [5.41, 5.74) is 1.46. The molecule has 15 heavy (non-hydrogen) atoms. The normalized spacial score (nSPS) is 13.1. The zero-order valence-corrected chi connectivity index (χ0v) is 8.49. The van der Waals surface area contributed by atoms with Gasteiger partial charge in [0.15, 0.2) is 0 Å². The Morgan fingerprint density at radius 2 is 1.87 bits per heavy atom. The standard InChI is InChI=1S/C11H14F2O2/c1-15-10(6-11(12)13)9-4-2-8(7-14)3-5-9/h2-5,10-11,14H,6-7H2,1H3. The number of halogens is 2. The Morgan fingerprint density at radius 3 is 2.27 bits per heavy atom. The summed E-state index contributed by atoms with van der Waals surface area (Å²) in [5.74, 6) is 0. The number of benzene rings is 1. The van der Waals surface area contributed by atoms with E-state index in [1.54, 1.807) is 24.3 Å². The second kappa shape index (κ2) is 5.78. The average Bonchev–Trinajstić information content (AvgIpc) is 2.26. The first-order valence-corrected chi connectivity index (χ1v) is 4.68. The van der Waals surface area contributed by atoms with Crippen molar-refractivity contribution in [1.29, 1.82) is 0 Å². The summed E-state index contributed by atoms with van der Waals surface area (Å²) in [6.45, 7) is -0.0488. The predicted octanol–water partition coefficient (Wildman–Crippen LogP) is 2.52. The van der Waals surface area contributed by atoms with Crippen LogP contribution in [0.4, 0.5) is 8.78 Å². The van der Waals surface area contributed by atoms with Crippen LogP contribution in [0, 0.1) is 0 Å². The van der Waals surface area contributed by atoms with Gasteiger partial charge in [-0.15, -0.1) is 0 Å². The van der Waals surface area contributed by atoms with Gasteiger partial charge in [0.1, 0.15) is 0 Å². The van der Waals surface area contributed by atoms with Crippen LogP contribution < -0.4 is 0 Å². The number of rotatable bonds is 5. The van der Waals surface area contributed by atoms with Gasteiger partial charge in [-0.1, -0.05) is 24.3 Å². The number of ether oxygens (including phenoxy) is 1. The Labute approximate surface area is 87.5 Å². The fourth-order valence-electron chi connectivity index (χ4n) is 1.37. The maximum atomic E-state index is 12.2. The first-order chi connectivity index (χ1) is 7.17. The molecule has 0 saturated heterocycles. The Bertz CT molecular complexity index is 285. The number of alkyl halides is 2. The van der Waals surface area contributed by atoms with E-state index in [1.165, 1.54) is 7.11 Å². The summed E-state index contributed by atoms with van der Waals surface area (Å²) in [6, 6.07) is 6.80. The molecule has 0 radical (unpaired) electrons. The summed E-state index contributed by atoms with van der Waals surface area (Å²) in [5, 5.41) is 8.82. The number of methoxy groups -OCH3 is 1. The summed E-state index contributed by atoms with van der Waals surface area (Å²) in [4.78, 5) is 0. The molecule has 2 nitrogen and oxygen atoms in total. The van der Waals surface area contributed by atoms with Crippen LogP contribution >= 0.6 is 0 Å². The number of aliphatic hydroxyl groups excluding tert-OH is 1. The molecule has 0 bridgehead atoms. The maximum absolute atomic E-state index is 12.2. The highest BCUT2D eigenvalue weighted by Crippen LogP contribution is 2.24. The topological polar surface area (TPSA) is 29.5 Å². The Balaban J connectivity index is 2.74. The van der Waals surface area contributed by atoms with Gasteiger partial charge < -0.3 is 9.84 Å². The zero-order chi connectivity index (χ0) is 11.3. The van der Waals surface area contributed by atoms with E-state index in [4.69, 9.17) is 9.84 Å². The van der Waals surface area contributed by atoms with Crippen LogP contribution in [-0.2, 0) is 11.3 Å². The lowest BCUT2D eigenvalue weighted by molar-refractivity contribution is 0.0304. The maximum Gasteiger partial charge on any atom is 0.241 e. The van der Waals surface area contributed by atoms with Crippen LogP contribution in [0.3, 0.4) is 0 Å². The molecule has 0 spiro atoms. The average molecular weight is 216 g/mol. The molecule has 1 unspecified atom stereocenters. The van der Waals surface area contributed by atoms with Gasteiger partial charge in [0, 0.05) is 13.5 Å². The SMILES string of the molecule is COC(CC(F)F)c1ccc(CO)cc1. The van der Waals surface area contributed by atoms with Gasteiger partial charge in [0.05, 0.1) is 12.7 Å². The van der Waals surface area contributed by atoms with Crippen molar-refractivity contribution in [2.45, 2.75) is 25.6 Å². The second-order valence-electron chi connectivity index (χ2n) is 3.25. The van der Waals surface area contributed by atoms with Crippen molar-refractivity contribution < 1.29 is 18.6 Å². The third kappa shape index (κ3) is 3.57. The molecule has 1 atom stereocenters. The molecular formula is C11H14F2O2. The van der Waals surface area contributed by atoms with E-state index in [0.29, 0.717) is 5.56 Å². The third-order valence-electron chi connectivity index (χ3n) is 2.21. The van der Waals surface area contributed by atoms with Crippen molar-refractivity contribution in [2.24, 2.45) is 0 Å². The molecule has 0 saturated carbocycles. The number of hydrogen-bond donors (Lipinski definition) is 1. The van der Waals surface area contributed by atoms with Crippen LogP contribution in [-0.4, -0.2) is 18.6 Å². The molecule has 0 aliphatic heterocycles. The van der Waals surface area contributed by atoms with Crippen LogP contribution in [0.2, 0.25) is 0 Å². The summed E-state index contributed by atoms with van der Waals surface area (Å²) in [6.07, 6.45) is -3.28. The Hall–Kier alpha value is -1.00. The molecule has 1 rings (SSSR count). The monoisotopic (exact) mass is 216 g/mol. The van der Waals surface area contributed by atoms with Crippen LogP contribution in [0.25, 0.3) is 0 Å². The third-order valence-corrected chi connectivity index (χ3v) is 2.21. The van der Waals surface area contributed by atoms with Crippen molar-refractivity contribution in [3.05, 3.63) is 35.4 Å². The fraction of sp³-hybridized carbons (Fsp3) is 0.455. The molecule has 0 amide bonds. The van der Waals surface area contributed by atoms with E-state index in [2.05, 4.69) is 0 Å². The molecule has 4 heteroatoms. The van der Waals surface area contributed by atoms with E-state index in [9.17, 15) is 8.78 Å². The van der Waals surface area contributed by atoms with Crippen LogP contribution in [0.5, 0.6) is 0 Å². The van der Waals surface area contributed by atoms with Gasteiger partial charge >= 0.3 is 0 Å². The lowest BCUT2D eigenvalue weighted by atomic mass is 10.0. The molecule has 1 N–H and O–H groups in total. The molecule has 0 aliphatic rings. The largest absolute Gasteiger partial charge is 0.392 e. The smallest absolute Gasteiger partial charge is 0.241 e. The fourth-order valence-corrected chi connectivity index (χ4v) is 1.37. The van der Waals surface area contributed by atoms with Crippen molar-refractivity contribution in [3.8, 4) is 0 Å². The molecular weight excluding hydrogens is 202 g/mol. The van der Waals surface area contributed by atoms with E-state index in [1.807, 2.05) is 0 Å². The van der Waals surface area contributed by atoms with E-state index >= 15 is 0 Å². The van der Waals surface area contributed by atoms with Gasteiger partial charge in [0.2, 0.25) is 6.43 Å². The van der Waals surface area contributed by atoms with Crippen molar-refractivity contribution >= 4 is 0 Å². The van der Waals surface area contributed by atoms with Crippen LogP contribution in [0.1, 0.15) is 23.7 Å². The predicted molar refractivity (Wildman–Crippen MR) is 52.7 cm³/mol. The first-order valence-electron chi connectivity index (χ1n) is 4.68. The minimum Gasteiger partial charge on any atom is -0.392 e. The quantitative estimate of drug-likeness (QED) is 0.819. The molecule has 84 valence electrons. The highest BCUT2D eigenvalue weighted by atomic mass is 19.3. The number of hydrogen-bond acceptors (Lipinski definition) is 2. The highest BCUT2D eigenvalue weighted by molar-refractivity contribution is 5.23. The van der Waals surface area contributed by atoms with Gasteiger partial charge in [0.25, 0.3) is 0 Å². The van der Waals surface area contributed by atoms with E-state index in [-0.39, 0.29) is 13.0 Å².